The van der Waals surface area contributed by atoms with E-state index in [1.54, 1.807) is 11.3 Å². The summed E-state index contributed by atoms with van der Waals surface area (Å²) in [6.07, 6.45) is 2.94. The minimum absolute atomic E-state index is 0.0669. The van der Waals surface area contributed by atoms with Gasteiger partial charge in [0, 0.05) is 41.5 Å². The maximum absolute atomic E-state index is 5.87. The first-order valence-electron chi connectivity index (χ1n) is 6.04. The third-order valence-corrected chi connectivity index (χ3v) is 5.19. The lowest BCUT2D eigenvalue weighted by Gasteiger charge is -2.23. The fourth-order valence-electron chi connectivity index (χ4n) is 1.70. The van der Waals surface area contributed by atoms with E-state index in [0.717, 1.165) is 16.4 Å². The number of hydrogen-bond donors (Lipinski definition) is 1. The number of aromatic nitrogens is 1. The van der Waals surface area contributed by atoms with E-state index in [-0.39, 0.29) is 6.04 Å². The molecule has 0 aromatic carbocycles. The molecule has 2 N–H and O–H groups in total. The molecule has 2 rings (SSSR count). The molecule has 2 atom stereocenters. The van der Waals surface area contributed by atoms with Crippen molar-refractivity contribution in [2.24, 2.45) is 5.73 Å². The molecule has 2 heterocycles. The van der Waals surface area contributed by atoms with Crippen LogP contribution in [-0.4, -0.2) is 18.1 Å². The van der Waals surface area contributed by atoms with Gasteiger partial charge in [0.15, 0.2) is 5.13 Å². The normalized spacial score (nSPS) is 14.4. The Bertz CT molecular complexity index is 476. The number of hydrogen-bond acceptors (Lipinski definition) is 5. The van der Waals surface area contributed by atoms with Crippen molar-refractivity contribution < 1.29 is 0 Å². The van der Waals surface area contributed by atoms with Crippen molar-refractivity contribution in [1.82, 2.24) is 4.98 Å². The lowest BCUT2D eigenvalue weighted by atomic mass is 10.2. The molecule has 0 aliphatic carbocycles. The van der Waals surface area contributed by atoms with Crippen LogP contribution >= 0.6 is 22.7 Å². The SMILES string of the molecule is CC(N)c1cnc(N(C)C(C)Cc2cccs2)s1. The van der Waals surface area contributed by atoms with E-state index >= 15 is 0 Å². The van der Waals surface area contributed by atoms with Gasteiger partial charge >= 0.3 is 0 Å². The van der Waals surface area contributed by atoms with Crippen LogP contribution in [0.15, 0.2) is 23.7 Å². The molecule has 0 bridgehead atoms. The van der Waals surface area contributed by atoms with Crippen molar-refractivity contribution in [2.75, 3.05) is 11.9 Å². The van der Waals surface area contributed by atoms with Crippen molar-refractivity contribution in [1.29, 1.82) is 0 Å². The highest BCUT2D eigenvalue weighted by molar-refractivity contribution is 7.15. The third kappa shape index (κ3) is 3.10. The average molecular weight is 281 g/mol. The van der Waals surface area contributed by atoms with Crippen LogP contribution in [-0.2, 0) is 6.42 Å². The average Bonchev–Trinajstić information content (AvgIpc) is 2.98. The molecule has 0 saturated carbocycles. The summed E-state index contributed by atoms with van der Waals surface area (Å²) in [5.74, 6) is 0. The zero-order chi connectivity index (χ0) is 13.1. The molecule has 5 heteroatoms. The van der Waals surface area contributed by atoms with Gasteiger partial charge in [-0.3, -0.25) is 0 Å². The maximum atomic E-state index is 5.87. The summed E-state index contributed by atoms with van der Waals surface area (Å²) < 4.78 is 0. The number of anilines is 1. The van der Waals surface area contributed by atoms with Gasteiger partial charge in [-0.25, -0.2) is 4.98 Å². The van der Waals surface area contributed by atoms with Gasteiger partial charge in [0.2, 0.25) is 0 Å². The predicted octanol–water partition coefficient (Wildman–Crippen LogP) is 3.29. The van der Waals surface area contributed by atoms with E-state index in [4.69, 9.17) is 5.73 Å². The molecule has 3 nitrogen and oxygen atoms in total. The molecule has 2 aromatic heterocycles. The summed E-state index contributed by atoms with van der Waals surface area (Å²) >= 11 is 3.49. The zero-order valence-electron chi connectivity index (χ0n) is 11.0. The van der Waals surface area contributed by atoms with E-state index in [2.05, 4.69) is 41.4 Å². The van der Waals surface area contributed by atoms with Crippen LogP contribution in [0.5, 0.6) is 0 Å². The van der Waals surface area contributed by atoms with Gasteiger partial charge in [-0.1, -0.05) is 6.07 Å². The third-order valence-electron chi connectivity index (χ3n) is 3.00. The quantitative estimate of drug-likeness (QED) is 0.914. The molecule has 0 spiro atoms. The van der Waals surface area contributed by atoms with Crippen molar-refractivity contribution in [2.45, 2.75) is 32.4 Å². The zero-order valence-corrected chi connectivity index (χ0v) is 12.6. The Morgan fingerprint density at radius 2 is 2.22 bits per heavy atom. The van der Waals surface area contributed by atoms with Gasteiger partial charge in [-0.05, 0) is 25.3 Å². The van der Waals surface area contributed by atoms with Crippen LogP contribution in [0, 0.1) is 0 Å². The minimum Gasteiger partial charge on any atom is -0.348 e. The Labute approximate surface area is 116 Å². The Hall–Kier alpha value is -0.910. The molecular formula is C13H19N3S2. The van der Waals surface area contributed by atoms with Crippen LogP contribution < -0.4 is 10.6 Å². The summed E-state index contributed by atoms with van der Waals surface area (Å²) in [7, 11) is 2.10. The molecule has 2 unspecified atom stereocenters. The first-order valence-corrected chi connectivity index (χ1v) is 7.74. The van der Waals surface area contributed by atoms with Crippen LogP contribution in [0.1, 0.15) is 29.6 Å². The summed E-state index contributed by atoms with van der Waals surface area (Å²) in [6, 6.07) is 4.79. The van der Waals surface area contributed by atoms with Gasteiger partial charge < -0.3 is 10.6 Å². The molecule has 98 valence electrons. The number of nitrogens with two attached hydrogens (primary N) is 1. The highest BCUT2D eigenvalue weighted by Gasteiger charge is 2.15. The van der Waals surface area contributed by atoms with E-state index in [0.29, 0.717) is 6.04 Å². The molecule has 0 amide bonds. The fourth-order valence-corrected chi connectivity index (χ4v) is 3.45. The molecule has 0 radical (unpaired) electrons. The molecular weight excluding hydrogens is 262 g/mol. The number of thiazole rings is 1. The van der Waals surface area contributed by atoms with Gasteiger partial charge in [0.1, 0.15) is 0 Å². The summed E-state index contributed by atoms with van der Waals surface area (Å²) in [6.45, 7) is 4.22. The van der Waals surface area contributed by atoms with E-state index in [1.807, 2.05) is 24.5 Å². The van der Waals surface area contributed by atoms with Crippen molar-refractivity contribution in [3.63, 3.8) is 0 Å². The maximum Gasteiger partial charge on any atom is 0.185 e. The Morgan fingerprint density at radius 3 is 2.78 bits per heavy atom. The fraction of sp³-hybridized carbons (Fsp3) is 0.462. The van der Waals surface area contributed by atoms with Crippen LogP contribution in [0.2, 0.25) is 0 Å². The Kier molecular flexibility index (Phi) is 4.37. The molecule has 2 aromatic rings. The van der Waals surface area contributed by atoms with Crippen LogP contribution in [0.4, 0.5) is 5.13 Å². The smallest absolute Gasteiger partial charge is 0.185 e. The standard InChI is InChI=1S/C13H19N3S2/c1-9(7-11-5-4-6-17-11)16(3)13-15-8-12(18-13)10(2)14/h4-6,8-10H,7,14H2,1-3H3. The lowest BCUT2D eigenvalue weighted by Crippen LogP contribution is -2.30. The molecule has 0 aliphatic rings. The van der Waals surface area contributed by atoms with Gasteiger partial charge in [-0.15, -0.1) is 22.7 Å². The number of nitrogens with zero attached hydrogens (tertiary/aromatic N) is 2. The van der Waals surface area contributed by atoms with Crippen molar-refractivity contribution >= 4 is 27.8 Å². The Balaban J connectivity index is 2.03. The van der Waals surface area contributed by atoms with Crippen molar-refractivity contribution in [3.05, 3.63) is 33.5 Å². The number of thiophene rings is 1. The van der Waals surface area contributed by atoms with Gasteiger partial charge in [0.05, 0.1) is 0 Å². The summed E-state index contributed by atoms with van der Waals surface area (Å²) in [4.78, 5) is 9.24. The number of likely N-dealkylation sites (N-methyl/N-ethyl adjacent to an activating group) is 1. The van der Waals surface area contributed by atoms with Gasteiger partial charge in [-0.2, -0.15) is 0 Å². The molecule has 18 heavy (non-hydrogen) atoms. The summed E-state index contributed by atoms with van der Waals surface area (Å²) in [5.41, 5.74) is 5.87. The molecule has 0 aliphatic heterocycles. The van der Waals surface area contributed by atoms with E-state index in [1.165, 1.54) is 4.88 Å². The first kappa shape index (κ1) is 13.5. The number of rotatable bonds is 5. The lowest BCUT2D eigenvalue weighted by molar-refractivity contribution is 0.686. The van der Waals surface area contributed by atoms with E-state index < -0.39 is 0 Å². The monoisotopic (exact) mass is 281 g/mol. The highest BCUT2D eigenvalue weighted by Crippen LogP contribution is 2.27. The van der Waals surface area contributed by atoms with E-state index in [9.17, 15) is 0 Å². The first-order chi connectivity index (χ1) is 8.58. The predicted molar refractivity (Wildman–Crippen MR) is 80.6 cm³/mol. The second kappa shape index (κ2) is 5.82. The molecule has 0 saturated heterocycles. The minimum atomic E-state index is 0.0669. The van der Waals surface area contributed by atoms with Gasteiger partial charge in [0.25, 0.3) is 0 Å². The molecule has 0 fully saturated rings. The second-order valence-electron chi connectivity index (χ2n) is 4.58. The second-order valence-corrected chi connectivity index (χ2v) is 6.65. The Morgan fingerprint density at radius 1 is 1.44 bits per heavy atom. The van der Waals surface area contributed by atoms with Crippen LogP contribution in [0.3, 0.4) is 0 Å². The van der Waals surface area contributed by atoms with Crippen molar-refractivity contribution in [3.8, 4) is 0 Å². The topological polar surface area (TPSA) is 42.1 Å². The largest absolute Gasteiger partial charge is 0.348 e. The summed E-state index contributed by atoms with van der Waals surface area (Å²) in [5, 5.41) is 3.17. The van der Waals surface area contributed by atoms with Crippen LogP contribution in [0.25, 0.3) is 0 Å². The highest BCUT2D eigenvalue weighted by atomic mass is 32.1.